The summed E-state index contributed by atoms with van der Waals surface area (Å²) in [5, 5.41) is 4.80. The van der Waals surface area contributed by atoms with Crippen LogP contribution in [0.5, 0.6) is 0 Å². The molecule has 3 nitrogen and oxygen atoms in total. The average molecular weight is 277 g/mol. The van der Waals surface area contributed by atoms with Gasteiger partial charge in [0.25, 0.3) is 0 Å². The zero-order valence-electron chi connectivity index (χ0n) is 14.1. The summed E-state index contributed by atoms with van der Waals surface area (Å²) in [6.45, 7) is 16.1. The lowest BCUT2D eigenvalue weighted by Crippen LogP contribution is -2.46. The number of nitrogens with zero attached hydrogens (tertiary/aromatic N) is 3. The van der Waals surface area contributed by atoms with Gasteiger partial charge in [-0.1, -0.05) is 20.8 Å². The van der Waals surface area contributed by atoms with Gasteiger partial charge < -0.3 is 0 Å². The Hall–Kier alpha value is -0.830. The van der Waals surface area contributed by atoms with Gasteiger partial charge in [0, 0.05) is 24.8 Å². The molecule has 1 fully saturated rings. The van der Waals surface area contributed by atoms with Gasteiger partial charge in [0.2, 0.25) is 0 Å². The van der Waals surface area contributed by atoms with Gasteiger partial charge in [-0.05, 0) is 51.5 Å². The average Bonchev–Trinajstić information content (AvgIpc) is 2.74. The first kappa shape index (κ1) is 15.6. The molecule has 1 aliphatic heterocycles. The molecule has 0 bridgehead atoms. The molecule has 1 aliphatic rings. The van der Waals surface area contributed by atoms with E-state index in [0.717, 1.165) is 6.42 Å². The normalized spacial score (nSPS) is 19.5. The quantitative estimate of drug-likeness (QED) is 0.817. The van der Waals surface area contributed by atoms with Crippen LogP contribution in [0.3, 0.4) is 0 Å². The molecule has 2 heterocycles. The molecule has 0 saturated carbocycles. The Labute approximate surface area is 124 Å². The summed E-state index contributed by atoms with van der Waals surface area (Å²) in [5.41, 5.74) is 1.84. The topological polar surface area (TPSA) is 21.1 Å². The highest BCUT2D eigenvalue weighted by molar-refractivity contribution is 5.02. The summed E-state index contributed by atoms with van der Waals surface area (Å²) in [5.74, 6) is 0. The number of hydrogen-bond acceptors (Lipinski definition) is 2. The highest BCUT2D eigenvalue weighted by Gasteiger charge is 2.28. The van der Waals surface area contributed by atoms with Gasteiger partial charge in [0.1, 0.15) is 0 Å². The fourth-order valence-corrected chi connectivity index (χ4v) is 3.02. The van der Waals surface area contributed by atoms with Gasteiger partial charge in [-0.25, -0.2) is 0 Å². The Balaban J connectivity index is 1.94. The lowest BCUT2D eigenvalue weighted by atomic mass is 9.91. The van der Waals surface area contributed by atoms with Crippen LogP contribution in [0.25, 0.3) is 0 Å². The van der Waals surface area contributed by atoms with Crippen LogP contribution in [-0.2, 0) is 6.42 Å². The predicted molar refractivity (Wildman–Crippen MR) is 85.0 cm³/mol. The highest BCUT2D eigenvalue weighted by Crippen LogP contribution is 2.27. The van der Waals surface area contributed by atoms with Gasteiger partial charge in [-0.3, -0.25) is 9.58 Å². The molecule has 0 aliphatic carbocycles. The maximum Gasteiger partial charge on any atom is 0.0629 e. The Bertz CT molecular complexity index is 426. The second kappa shape index (κ2) is 5.51. The van der Waals surface area contributed by atoms with Crippen LogP contribution in [0.2, 0.25) is 0 Å². The van der Waals surface area contributed by atoms with Gasteiger partial charge in [0.05, 0.1) is 11.7 Å². The van der Waals surface area contributed by atoms with E-state index in [0.29, 0.717) is 17.0 Å². The molecule has 114 valence electrons. The SMILES string of the molecule is CC(C)(C)Cc1ccn(C2CCN(C(C)(C)C)CC2)n1. The van der Waals surface area contributed by atoms with Gasteiger partial charge in [-0.15, -0.1) is 0 Å². The molecule has 0 atom stereocenters. The van der Waals surface area contributed by atoms with Gasteiger partial charge in [-0.2, -0.15) is 5.10 Å². The molecule has 1 aromatic rings. The highest BCUT2D eigenvalue weighted by atomic mass is 15.3. The van der Waals surface area contributed by atoms with Gasteiger partial charge >= 0.3 is 0 Å². The fourth-order valence-electron chi connectivity index (χ4n) is 3.02. The van der Waals surface area contributed by atoms with Crippen LogP contribution in [0.4, 0.5) is 0 Å². The number of hydrogen-bond donors (Lipinski definition) is 0. The molecule has 1 saturated heterocycles. The molecule has 2 rings (SSSR count). The zero-order valence-corrected chi connectivity index (χ0v) is 14.1. The zero-order chi connectivity index (χ0) is 15.0. The van der Waals surface area contributed by atoms with E-state index in [-0.39, 0.29) is 0 Å². The maximum atomic E-state index is 4.80. The van der Waals surface area contributed by atoms with Gasteiger partial charge in [0.15, 0.2) is 0 Å². The molecule has 3 heteroatoms. The Morgan fingerprint density at radius 3 is 2.20 bits per heavy atom. The molecule has 1 aromatic heterocycles. The first-order valence-corrected chi connectivity index (χ1v) is 7.94. The monoisotopic (exact) mass is 277 g/mol. The molecule has 0 unspecified atom stereocenters. The van der Waals surface area contributed by atoms with Crippen molar-refractivity contribution in [3.63, 3.8) is 0 Å². The maximum absolute atomic E-state index is 4.80. The second-order valence-corrected chi connectivity index (χ2v) is 8.41. The van der Waals surface area contributed by atoms with E-state index in [1.165, 1.54) is 31.6 Å². The Morgan fingerprint density at radius 1 is 1.10 bits per heavy atom. The summed E-state index contributed by atoms with van der Waals surface area (Å²) in [7, 11) is 0. The van der Waals surface area contributed by atoms with Crippen molar-refractivity contribution in [2.45, 2.75) is 72.4 Å². The van der Waals surface area contributed by atoms with E-state index < -0.39 is 0 Å². The van der Waals surface area contributed by atoms with E-state index in [4.69, 9.17) is 5.10 Å². The van der Waals surface area contributed by atoms with E-state index in [2.05, 4.69) is 63.4 Å². The van der Waals surface area contributed by atoms with Crippen molar-refractivity contribution in [3.05, 3.63) is 18.0 Å². The fraction of sp³-hybridized carbons (Fsp3) is 0.824. The van der Waals surface area contributed by atoms with Crippen LogP contribution in [0.1, 0.15) is 66.1 Å². The summed E-state index contributed by atoms with van der Waals surface area (Å²) in [6, 6.07) is 2.78. The third kappa shape index (κ3) is 4.08. The summed E-state index contributed by atoms with van der Waals surface area (Å²) >= 11 is 0. The first-order valence-electron chi connectivity index (χ1n) is 7.94. The minimum atomic E-state index is 0.298. The second-order valence-electron chi connectivity index (χ2n) is 8.41. The smallest absolute Gasteiger partial charge is 0.0629 e. The molecule has 0 N–H and O–H groups in total. The van der Waals surface area contributed by atoms with E-state index in [1.54, 1.807) is 0 Å². The van der Waals surface area contributed by atoms with Crippen molar-refractivity contribution in [3.8, 4) is 0 Å². The minimum Gasteiger partial charge on any atom is -0.298 e. The largest absolute Gasteiger partial charge is 0.298 e. The Kier molecular flexibility index (Phi) is 4.29. The lowest BCUT2D eigenvalue weighted by Gasteiger charge is -2.40. The molecular formula is C17H31N3. The van der Waals surface area contributed by atoms with E-state index in [9.17, 15) is 0 Å². The number of likely N-dealkylation sites (tertiary alicyclic amines) is 1. The summed E-state index contributed by atoms with van der Waals surface area (Å²) in [4.78, 5) is 2.59. The molecule has 0 spiro atoms. The van der Waals surface area contributed by atoms with Crippen molar-refractivity contribution in [2.75, 3.05) is 13.1 Å². The van der Waals surface area contributed by atoms with Crippen molar-refractivity contribution in [1.82, 2.24) is 14.7 Å². The minimum absolute atomic E-state index is 0.298. The van der Waals surface area contributed by atoms with Crippen LogP contribution in [0.15, 0.2) is 12.3 Å². The Morgan fingerprint density at radius 2 is 1.70 bits per heavy atom. The van der Waals surface area contributed by atoms with E-state index in [1.807, 2.05) is 0 Å². The standard InChI is InChI=1S/C17H31N3/c1-16(2,3)13-14-7-12-20(18-14)15-8-10-19(11-9-15)17(4,5)6/h7,12,15H,8-11,13H2,1-6H3. The lowest BCUT2D eigenvalue weighted by molar-refractivity contribution is 0.0869. The number of aromatic nitrogens is 2. The van der Waals surface area contributed by atoms with Crippen LogP contribution >= 0.6 is 0 Å². The molecule has 20 heavy (non-hydrogen) atoms. The molecule has 0 aromatic carbocycles. The van der Waals surface area contributed by atoms with Crippen LogP contribution in [0, 0.1) is 5.41 Å². The summed E-state index contributed by atoms with van der Waals surface area (Å²) < 4.78 is 2.21. The molecular weight excluding hydrogens is 246 g/mol. The third-order valence-electron chi connectivity index (χ3n) is 4.16. The predicted octanol–water partition coefficient (Wildman–Crippen LogP) is 3.91. The number of rotatable bonds is 2. The van der Waals surface area contributed by atoms with Crippen LogP contribution < -0.4 is 0 Å². The first-order chi connectivity index (χ1) is 9.15. The summed E-state index contributed by atoms with van der Waals surface area (Å²) in [6.07, 6.45) is 5.67. The van der Waals surface area contributed by atoms with Crippen molar-refractivity contribution < 1.29 is 0 Å². The third-order valence-corrected chi connectivity index (χ3v) is 4.16. The number of piperidine rings is 1. The van der Waals surface area contributed by atoms with Crippen molar-refractivity contribution >= 4 is 0 Å². The van der Waals surface area contributed by atoms with Crippen LogP contribution in [-0.4, -0.2) is 33.3 Å². The molecule has 0 amide bonds. The van der Waals surface area contributed by atoms with Crippen molar-refractivity contribution in [2.24, 2.45) is 5.41 Å². The molecule has 0 radical (unpaired) electrons. The van der Waals surface area contributed by atoms with E-state index >= 15 is 0 Å². The van der Waals surface area contributed by atoms with Crippen molar-refractivity contribution in [1.29, 1.82) is 0 Å².